The number of hydrogen-bond acceptors (Lipinski definition) is 4. The smallest absolute Gasteiger partial charge is 0.319 e. The molecule has 2 aromatic rings. The van der Waals surface area contributed by atoms with Crippen LogP contribution in [0.5, 0.6) is 0 Å². The highest BCUT2D eigenvalue weighted by Gasteiger charge is 2.16. The number of nitrogens with zero attached hydrogens (tertiary/aromatic N) is 1. The van der Waals surface area contributed by atoms with Crippen molar-refractivity contribution < 1.29 is 14.8 Å². The molecule has 0 heterocycles. The molecule has 0 spiro atoms. The normalized spacial score (nSPS) is 11.6. The highest BCUT2D eigenvalue weighted by atomic mass is 35.5. The summed E-state index contributed by atoms with van der Waals surface area (Å²) in [5.74, 6) is 0. The lowest BCUT2D eigenvalue weighted by Gasteiger charge is -2.17. The van der Waals surface area contributed by atoms with Crippen LogP contribution in [0.25, 0.3) is 0 Å². The van der Waals surface area contributed by atoms with Gasteiger partial charge in [0.25, 0.3) is 5.69 Å². The molecule has 0 radical (unpaired) electrons. The van der Waals surface area contributed by atoms with E-state index in [0.717, 1.165) is 0 Å². The number of benzene rings is 2. The number of hydrogen-bond donors (Lipinski definition) is 3. The van der Waals surface area contributed by atoms with Crippen molar-refractivity contribution in [3.05, 3.63) is 68.7 Å². The van der Waals surface area contributed by atoms with Crippen LogP contribution in [0.1, 0.15) is 17.2 Å². The Labute approximate surface area is 143 Å². The first-order valence-electron chi connectivity index (χ1n) is 7.09. The third kappa shape index (κ3) is 4.43. The van der Waals surface area contributed by atoms with Gasteiger partial charge in [-0.3, -0.25) is 10.1 Å². The number of aliphatic hydroxyl groups is 1. The minimum Gasteiger partial charge on any atom is -0.394 e. The Morgan fingerprint density at radius 3 is 2.54 bits per heavy atom. The van der Waals surface area contributed by atoms with Crippen LogP contribution in [0.15, 0.2) is 42.5 Å². The molecule has 0 bridgehead atoms. The number of carbonyl (C=O) groups is 1. The van der Waals surface area contributed by atoms with Gasteiger partial charge in [0.15, 0.2) is 0 Å². The minimum atomic E-state index is -0.622. The fraction of sp³-hybridized carbons (Fsp3) is 0.188. The average Bonchev–Trinajstić information content (AvgIpc) is 2.55. The van der Waals surface area contributed by atoms with Gasteiger partial charge in [-0.2, -0.15) is 0 Å². The molecular formula is C16H16ClN3O4. The van der Waals surface area contributed by atoms with E-state index in [2.05, 4.69) is 10.6 Å². The van der Waals surface area contributed by atoms with Gasteiger partial charge in [0, 0.05) is 22.3 Å². The van der Waals surface area contributed by atoms with Crippen molar-refractivity contribution in [2.75, 3.05) is 11.9 Å². The Bertz CT molecular complexity index is 749. The Morgan fingerprint density at radius 1 is 1.29 bits per heavy atom. The van der Waals surface area contributed by atoms with Crippen LogP contribution in [-0.4, -0.2) is 22.7 Å². The SMILES string of the molecule is Cc1ccc(NC(=O)NC(CO)c2ccc(Cl)cc2)cc1[N+](=O)[O-]. The van der Waals surface area contributed by atoms with Crippen LogP contribution in [0.4, 0.5) is 16.2 Å². The zero-order valence-electron chi connectivity index (χ0n) is 12.8. The third-order valence-electron chi connectivity index (χ3n) is 3.42. The lowest BCUT2D eigenvalue weighted by molar-refractivity contribution is -0.385. The van der Waals surface area contributed by atoms with Gasteiger partial charge in [0.1, 0.15) is 0 Å². The molecule has 3 N–H and O–H groups in total. The first kappa shape index (κ1) is 17.7. The summed E-state index contributed by atoms with van der Waals surface area (Å²) in [4.78, 5) is 22.5. The highest BCUT2D eigenvalue weighted by molar-refractivity contribution is 6.30. The van der Waals surface area contributed by atoms with E-state index in [1.807, 2.05) is 0 Å². The zero-order valence-corrected chi connectivity index (χ0v) is 13.6. The molecule has 2 rings (SSSR count). The summed E-state index contributed by atoms with van der Waals surface area (Å²) >= 11 is 5.81. The van der Waals surface area contributed by atoms with E-state index in [1.165, 1.54) is 6.07 Å². The predicted molar refractivity (Wildman–Crippen MR) is 91.3 cm³/mol. The van der Waals surface area contributed by atoms with Gasteiger partial charge in [0.05, 0.1) is 17.6 Å². The molecule has 0 aromatic heterocycles. The van der Waals surface area contributed by atoms with Crippen molar-refractivity contribution in [2.24, 2.45) is 0 Å². The first-order valence-corrected chi connectivity index (χ1v) is 7.47. The summed E-state index contributed by atoms with van der Waals surface area (Å²) in [6.07, 6.45) is 0. The van der Waals surface area contributed by atoms with Crippen LogP contribution in [0.3, 0.4) is 0 Å². The summed E-state index contributed by atoms with van der Waals surface area (Å²) in [6.45, 7) is 1.31. The summed E-state index contributed by atoms with van der Waals surface area (Å²) in [5, 5.41) is 26.0. The Kier molecular flexibility index (Phi) is 5.73. The van der Waals surface area contributed by atoms with E-state index in [0.29, 0.717) is 16.1 Å². The second-order valence-corrected chi connectivity index (χ2v) is 5.58. The Hall–Kier alpha value is -2.64. The molecule has 0 aliphatic rings. The van der Waals surface area contributed by atoms with Crippen LogP contribution >= 0.6 is 11.6 Å². The number of nitro benzene ring substituents is 1. The highest BCUT2D eigenvalue weighted by Crippen LogP contribution is 2.22. The molecule has 0 aliphatic heterocycles. The minimum absolute atomic E-state index is 0.0794. The lowest BCUT2D eigenvalue weighted by Crippen LogP contribution is -2.34. The summed E-state index contributed by atoms with van der Waals surface area (Å²) in [6, 6.07) is 9.90. The van der Waals surface area contributed by atoms with E-state index in [9.17, 15) is 20.0 Å². The fourth-order valence-corrected chi connectivity index (χ4v) is 2.26. The molecular weight excluding hydrogens is 334 g/mol. The molecule has 126 valence electrons. The second-order valence-electron chi connectivity index (χ2n) is 5.14. The molecule has 1 atom stereocenters. The Balaban J connectivity index is 2.08. The molecule has 0 fully saturated rings. The number of urea groups is 1. The molecule has 2 amide bonds. The van der Waals surface area contributed by atoms with Crippen LogP contribution in [-0.2, 0) is 0 Å². The van der Waals surface area contributed by atoms with Crippen molar-refractivity contribution in [1.82, 2.24) is 5.32 Å². The number of carbonyl (C=O) groups excluding carboxylic acids is 1. The summed E-state index contributed by atoms with van der Waals surface area (Å²) in [5.41, 5.74) is 1.40. The van der Waals surface area contributed by atoms with Gasteiger partial charge in [-0.15, -0.1) is 0 Å². The van der Waals surface area contributed by atoms with Crippen LogP contribution < -0.4 is 10.6 Å². The maximum Gasteiger partial charge on any atom is 0.319 e. The number of halogens is 1. The number of nitro groups is 1. The zero-order chi connectivity index (χ0) is 17.7. The monoisotopic (exact) mass is 349 g/mol. The predicted octanol–water partition coefficient (Wildman–Crippen LogP) is 3.41. The molecule has 24 heavy (non-hydrogen) atoms. The van der Waals surface area contributed by atoms with Crippen LogP contribution in [0, 0.1) is 17.0 Å². The first-order chi connectivity index (χ1) is 11.4. The molecule has 1 unspecified atom stereocenters. The van der Waals surface area contributed by atoms with Crippen molar-refractivity contribution in [3.63, 3.8) is 0 Å². The molecule has 0 saturated heterocycles. The number of rotatable bonds is 5. The largest absolute Gasteiger partial charge is 0.394 e. The lowest BCUT2D eigenvalue weighted by atomic mass is 10.1. The van der Waals surface area contributed by atoms with Gasteiger partial charge in [0.2, 0.25) is 0 Å². The van der Waals surface area contributed by atoms with E-state index >= 15 is 0 Å². The second kappa shape index (κ2) is 7.76. The molecule has 0 saturated carbocycles. The van der Waals surface area contributed by atoms with Crippen molar-refractivity contribution in [2.45, 2.75) is 13.0 Å². The molecule has 2 aromatic carbocycles. The number of nitrogens with one attached hydrogen (secondary N) is 2. The van der Waals surface area contributed by atoms with Gasteiger partial charge in [-0.05, 0) is 30.7 Å². The van der Waals surface area contributed by atoms with Crippen molar-refractivity contribution >= 4 is 29.0 Å². The van der Waals surface area contributed by atoms with Gasteiger partial charge < -0.3 is 15.7 Å². The standard InChI is InChI=1S/C16H16ClN3O4/c1-10-2-7-13(8-15(10)20(23)24)18-16(22)19-14(9-21)11-3-5-12(17)6-4-11/h2-8,14,21H,9H2,1H3,(H2,18,19,22). The number of amides is 2. The van der Waals surface area contributed by atoms with Crippen molar-refractivity contribution in [1.29, 1.82) is 0 Å². The number of aryl methyl sites for hydroxylation is 1. The fourth-order valence-electron chi connectivity index (χ4n) is 2.14. The molecule has 0 aliphatic carbocycles. The van der Waals surface area contributed by atoms with Crippen LogP contribution in [0.2, 0.25) is 5.02 Å². The van der Waals surface area contributed by atoms with Gasteiger partial charge in [-0.25, -0.2) is 4.79 Å². The number of anilines is 1. The van der Waals surface area contributed by atoms with E-state index in [1.54, 1.807) is 43.3 Å². The molecule has 8 heteroatoms. The van der Waals surface area contributed by atoms with Crippen molar-refractivity contribution in [3.8, 4) is 0 Å². The summed E-state index contributed by atoms with van der Waals surface area (Å²) in [7, 11) is 0. The Morgan fingerprint density at radius 2 is 1.96 bits per heavy atom. The summed E-state index contributed by atoms with van der Waals surface area (Å²) < 4.78 is 0. The topological polar surface area (TPSA) is 104 Å². The van der Waals surface area contributed by atoms with E-state index < -0.39 is 17.0 Å². The quantitative estimate of drug-likeness (QED) is 0.568. The third-order valence-corrected chi connectivity index (χ3v) is 3.68. The van der Waals surface area contributed by atoms with Gasteiger partial charge >= 0.3 is 6.03 Å². The maximum atomic E-state index is 12.1. The average molecular weight is 350 g/mol. The maximum absolute atomic E-state index is 12.1. The van der Waals surface area contributed by atoms with E-state index in [-0.39, 0.29) is 18.0 Å². The van der Waals surface area contributed by atoms with E-state index in [4.69, 9.17) is 11.6 Å². The number of aliphatic hydroxyl groups excluding tert-OH is 1. The molecule has 7 nitrogen and oxygen atoms in total. The van der Waals surface area contributed by atoms with Gasteiger partial charge in [-0.1, -0.05) is 29.8 Å².